The Morgan fingerprint density at radius 3 is 2.45 bits per heavy atom. The zero-order valence-corrected chi connectivity index (χ0v) is 12.2. The second-order valence-electron chi connectivity index (χ2n) is 5.02. The van der Waals surface area contributed by atoms with Gasteiger partial charge in [0.15, 0.2) is 6.61 Å². The molecule has 0 heterocycles. The molecule has 0 unspecified atom stereocenters. The van der Waals surface area contributed by atoms with E-state index in [9.17, 15) is 4.79 Å². The van der Waals surface area contributed by atoms with Crippen LogP contribution in [0.4, 0.5) is 0 Å². The van der Waals surface area contributed by atoms with Gasteiger partial charge in [-0.15, -0.1) is 0 Å². The zero-order valence-electron chi connectivity index (χ0n) is 12.2. The van der Waals surface area contributed by atoms with Gasteiger partial charge >= 0.3 is 0 Å². The summed E-state index contributed by atoms with van der Waals surface area (Å²) in [5, 5.41) is 5.23. The Balaban J connectivity index is 1.58. The summed E-state index contributed by atoms with van der Waals surface area (Å²) in [6, 6.07) is 23.6. The van der Waals surface area contributed by atoms with Gasteiger partial charge in [-0.3, -0.25) is 4.79 Å². The molecule has 0 radical (unpaired) electrons. The summed E-state index contributed by atoms with van der Waals surface area (Å²) in [7, 11) is 0. The van der Waals surface area contributed by atoms with Gasteiger partial charge in [0, 0.05) is 6.54 Å². The summed E-state index contributed by atoms with van der Waals surface area (Å²) >= 11 is 0. The number of carbonyl (C=O) groups excluding carboxylic acids is 1. The van der Waals surface area contributed by atoms with Crippen LogP contribution in [0.5, 0.6) is 5.75 Å². The number of rotatable bonds is 5. The molecule has 3 rings (SSSR count). The Bertz CT molecular complexity index is 763. The molecule has 22 heavy (non-hydrogen) atoms. The first-order valence-electron chi connectivity index (χ1n) is 7.24. The molecule has 0 aliphatic carbocycles. The second kappa shape index (κ2) is 6.76. The highest BCUT2D eigenvalue weighted by Crippen LogP contribution is 2.18. The fraction of sp³-hybridized carbons (Fsp3) is 0.105. The van der Waals surface area contributed by atoms with Crippen molar-refractivity contribution in [1.82, 2.24) is 5.32 Å². The van der Waals surface area contributed by atoms with Crippen LogP contribution in [-0.2, 0) is 11.3 Å². The van der Waals surface area contributed by atoms with Gasteiger partial charge in [-0.1, -0.05) is 60.7 Å². The summed E-state index contributed by atoms with van der Waals surface area (Å²) < 4.78 is 5.43. The molecule has 0 aliphatic heterocycles. The number of amides is 1. The van der Waals surface area contributed by atoms with E-state index in [1.54, 1.807) is 0 Å². The second-order valence-corrected chi connectivity index (χ2v) is 5.02. The normalized spacial score (nSPS) is 10.4. The number of benzene rings is 3. The van der Waals surface area contributed by atoms with Crippen molar-refractivity contribution in [1.29, 1.82) is 0 Å². The van der Waals surface area contributed by atoms with Crippen LogP contribution in [-0.4, -0.2) is 12.5 Å². The van der Waals surface area contributed by atoms with Crippen LogP contribution in [0.2, 0.25) is 0 Å². The maximum atomic E-state index is 11.9. The van der Waals surface area contributed by atoms with E-state index in [4.69, 9.17) is 4.74 Å². The highest BCUT2D eigenvalue weighted by Gasteiger charge is 2.05. The summed E-state index contributed by atoms with van der Waals surface area (Å²) in [5.74, 6) is 0.569. The highest BCUT2D eigenvalue weighted by molar-refractivity contribution is 5.86. The smallest absolute Gasteiger partial charge is 0.258 e. The van der Waals surface area contributed by atoms with Crippen molar-refractivity contribution in [3.63, 3.8) is 0 Å². The molecule has 3 nitrogen and oxygen atoms in total. The van der Waals surface area contributed by atoms with Crippen molar-refractivity contribution in [2.45, 2.75) is 6.54 Å². The quantitative estimate of drug-likeness (QED) is 0.781. The molecule has 0 fully saturated rings. The lowest BCUT2D eigenvalue weighted by Gasteiger charge is -2.09. The molecular weight excluding hydrogens is 274 g/mol. The molecule has 3 aromatic carbocycles. The van der Waals surface area contributed by atoms with Crippen LogP contribution in [0.3, 0.4) is 0 Å². The summed E-state index contributed by atoms with van der Waals surface area (Å²) in [6.45, 7) is 0.521. The van der Waals surface area contributed by atoms with Crippen LogP contribution in [0, 0.1) is 0 Å². The highest BCUT2D eigenvalue weighted by atomic mass is 16.5. The standard InChI is InChI=1S/C19H17NO2/c21-19(14-22-17-10-2-1-3-11-17)20-13-16-9-6-8-15-7-4-5-12-18(15)16/h1-12H,13-14H2,(H,20,21). The number of fused-ring (bicyclic) bond motifs is 1. The number of ether oxygens (including phenoxy) is 1. The fourth-order valence-electron chi connectivity index (χ4n) is 2.36. The van der Waals surface area contributed by atoms with Gasteiger partial charge in [-0.05, 0) is 28.5 Å². The zero-order chi connectivity index (χ0) is 15.2. The molecule has 0 atom stereocenters. The van der Waals surface area contributed by atoms with E-state index in [2.05, 4.69) is 23.5 Å². The van der Waals surface area contributed by atoms with Crippen LogP contribution >= 0.6 is 0 Å². The number of hydrogen-bond acceptors (Lipinski definition) is 2. The van der Waals surface area contributed by atoms with Crippen LogP contribution in [0.15, 0.2) is 72.8 Å². The third-order valence-corrected chi connectivity index (χ3v) is 3.47. The molecule has 0 saturated carbocycles. The van der Waals surface area contributed by atoms with Crippen molar-refractivity contribution < 1.29 is 9.53 Å². The molecule has 0 saturated heterocycles. The predicted octanol–water partition coefficient (Wildman–Crippen LogP) is 3.54. The summed E-state index contributed by atoms with van der Waals surface area (Å²) in [5.41, 5.74) is 1.10. The van der Waals surface area contributed by atoms with Gasteiger partial charge in [0.1, 0.15) is 5.75 Å². The Kier molecular flexibility index (Phi) is 4.35. The van der Waals surface area contributed by atoms with Gasteiger partial charge in [0.05, 0.1) is 0 Å². The van der Waals surface area contributed by atoms with Gasteiger partial charge in [-0.25, -0.2) is 0 Å². The van der Waals surface area contributed by atoms with Crippen molar-refractivity contribution in [2.75, 3.05) is 6.61 Å². The predicted molar refractivity (Wildman–Crippen MR) is 87.7 cm³/mol. The molecule has 1 amide bonds. The first-order chi connectivity index (χ1) is 10.8. The Morgan fingerprint density at radius 1 is 0.864 bits per heavy atom. The van der Waals surface area contributed by atoms with Gasteiger partial charge in [-0.2, -0.15) is 0 Å². The fourth-order valence-corrected chi connectivity index (χ4v) is 2.36. The third-order valence-electron chi connectivity index (χ3n) is 3.47. The maximum Gasteiger partial charge on any atom is 0.258 e. The minimum Gasteiger partial charge on any atom is -0.484 e. The van der Waals surface area contributed by atoms with E-state index < -0.39 is 0 Å². The van der Waals surface area contributed by atoms with Crippen LogP contribution in [0.1, 0.15) is 5.56 Å². The van der Waals surface area contributed by atoms with Gasteiger partial charge in [0.2, 0.25) is 0 Å². The molecule has 0 aliphatic rings. The lowest BCUT2D eigenvalue weighted by Crippen LogP contribution is -2.28. The van der Waals surface area contributed by atoms with Crippen molar-refractivity contribution in [3.05, 3.63) is 78.4 Å². The molecule has 0 aromatic heterocycles. The van der Waals surface area contributed by atoms with Gasteiger partial charge in [0.25, 0.3) is 5.91 Å². The molecular formula is C19H17NO2. The first-order valence-corrected chi connectivity index (χ1v) is 7.24. The van der Waals surface area contributed by atoms with E-state index in [0.717, 1.165) is 10.9 Å². The first kappa shape index (κ1) is 14.1. The topological polar surface area (TPSA) is 38.3 Å². The minimum absolute atomic E-state index is 0.0226. The Labute approximate surface area is 129 Å². The van der Waals surface area contributed by atoms with Crippen LogP contribution < -0.4 is 10.1 Å². The van der Waals surface area contributed by atoms with E-state index in [-0.39, 0.29) is 12.5 Å². The largest absolute Gasteiger partial charge is 0.484 e. The summed E-state index contributed by atoms with van der Waals surface area (Å²) in [4.78, 5) is 11.9. The van der Waals surface area contributed by atoms with E-state index in [1.165, 1.54) is 5.39 Å². The van der Waals surface area contributed by atoms with Gasteiger partial charge < -0.3 is 10.1 Å². The maximum absolute atomic E-state index is 11.9. The van der Waals surface area contributed by atoms with E-state index >= 15 is 0 Å². The lowest BCUT2D eigenvalue weighted by molar-refractivity contribution is -0.123. The number of para-hydroxylation sites is 1. The van der Waals surface area contributed by atoms with Crippen molar-refractivity contribution >= 4 is 16.7 Å². The monoisotopic (exact) mass is 291 g/mol. The Hall–Kier alpha value is -2.81. The molecule has 0 spiro atoms. The number of hydrogen-bond donors (Lipinski definition) is 1. The van der Waals surface area contributed by atoms with Crippen molar-refractivity contribution in [2.24, 2.45) is 0 Å². The van der Waals surface area contributed by atoms with E-state index in [0.29, 0.717) is 12.3 Å². The van der Waals surface area contributed by atoms with Crippen LogP contribution in [0.25, 0.3) is 10.8 Å². The summed E-state index contributed by atoms with van der Waals surface area (Å²) in [6.07, 6.45) is 0. The average molecular weight is 291 g/mol. The molecule has 3 aromatic rings. The Morgan fingerprint density at radius 2 is 1.59 bits per heavy atom. The minimum atomic E-state index is -0.128. The van der Waals surface area contributed by atoms with Crippen molar-refractivity contribution in [3.8, 4) is 5.75 Å². The third kappa shape index (κ3) is 3.44. The molecule has 110 valence electrons. The molecule has 0 bridgehead atoms. The van der Waals surface area contributed by atoms with E-state index in [1.807, 2.05) is 54.6 Å². The lowest BCUT2D eigenvalue weighted by atomic mass is 10.0. The molecule has 3 heteroatoms. The average Bonchev–Trinajstić information content (AvgIpc) is 2.59. The SMILES string of the molecule is O=C(COc1ccccc1)NCc1cccc2ccccc12. The number of nitrogens with one attached hydrogen (secondary N) is 1. The molecule has 1 N–H and O–H groups in total. The number of carbonyl (C=O) groups is 1.